The van der Waals surface area contributed by atoms with Crippen molar-refractivity contribution < 1.29 is 9.13 Å². The van der Waals surface area contributed by atoms with E-state index < -0.39 is 0 Å². The van der Waals surface area contributed by atoms with Crippen LogP contribution in [0.1, 0.15) is 32.3 Å². The third-order valence-corrected chi connectivity index (χ3v) is 4.04. The van der Waals surface area contributed by atoms with Crippen molar-refractivity contribution in [3.63, 3.8) is 0 Å². The predicted molar refractivity (Wildman–Crippen MR) is 84.1 cm³/mol. The molecule has 0 bridgehead atoms. The van der Waals surface area contributed by atoms with Gasteiger partial charge in [0.2, 0.25) is 0 Å². The number of rotatable bonds is 6. The molecule has 1 saturated heterocycles. The van der Waals surface area contributed by atoms with E-state index in [1.807, 2.05) is 0 Å². The lowest BCUT2D eigenvalue weighted by Crippen LogP contribution is -2.44. The molecule has 118 valence electrons. The van der Waals surface area contributed by atoms with Crippen LogP contribution in [0.3, 0.4) is 0 Å². The van der Waals surface area contributed by atoms with Crippen LogP contribution in [-0.2, 0) is 6.54 Å². The fraction of sp³-hybridized carbons (Fsp3) is 0.647. The van der Waals surface area contributed by atoms with Crippen molar-refractivity contribution >= 4 is 0 Å². The molecule has 0 amide bonds. The minimum atomic E-state index is -0.194. The van der Waals surface area contributed by atoms with E-state index in [9.17, 15) is 4.39 Å². The highest BCUT2D eigenvalue weighted by atomic mass is 19.1. The third-order valence-electron chi connectivity index (χ3n) is 4.04. The molecule has 1 aromatic carbocycles. The highest BCUT2D eigenvalue weighted by molar-refractivity contribution is 5.33. The fourth-order valence-electron chi connectivity index (χ4n) is 3.07. The highest BCUT2D eigenvalue weighted by Gasteiger charge is 2.22. The molecule has 2 rings (SSSR count). The van der Waals surface area contributed by atoms with Gasteiger partial charge in [-0.1, -0.05) is 13.8 Å². The minimum absolute atomic E-state index is 0.194. The molecule has 0 spiro atoms. The van der Waals surface area contributed by atoms with E-state index in [0.717, 1.165) is 50.3 Å². The first-order valence-electron chi connectivity index (χ1n) is 7.87. The maximum absolute atomic E-state index is 13.6. The molecule has 3 nitrogen and oxygen atoms in total. The maximum atomic E-state index is 13.6. The number of benzene rings is 1. The van der Waals surface area contributed by atoms with Crippen molar-refractivity contribution in [2.24, 2.45) is 5.92 Å². The van der Waals surface area contributed by atoms with Crippen LogP contribution in [0.4, 0.5) is 4.39 Å². The van der Waals surface area contributed by atoms with Crippen LogP contribution in [0.5, 0.6) is 5.75 Å². The number of halogens is 1. The number of hydrogen-bond acceptors (Lipinski definition) is 3. The van der Waals surface area contributed by atoms with E-state index in [4.69, 9.17) is 4.74 Å². The normalized spacial score (nSPS) is 16.7. The third kappa shape index (κ3) is 4.68. The van der Waals surface area contributed by atoms with Crippen molar-refractivity contribution in [3.8, 4) is 5.75 Å². The standard InChI is InChI=1S/C17H27FN2O/c1-13(2)11-20(16-6-8-19-9-7-16)12-14-10-15(18)4-5-17(14)21-3/h4-5,10,13,16,19H,6-9,11-12H2,1-3H3. The van der Waals surface area contributed by atoms with Gasteiger partial charge < -0.3 is 10.1 Å². The van der Waals surface area contributed by atoms with E-state index in [-0.39, 0.29) is 5.82 Å². The molecule has 21 heavy (non-hydrogen) atoms. The Labute approximate surface area is 127 Å². The first-order valence-corrected chi connectivity index (χ1v) is 7.87. The second-order valence-electron chi connectivity index (χ2n) is 6.26. The Balaban J connectivity index is 2.15. The molecular weight excluding hydrogens is 267 g/mol. The zero-order chi connectivity index (χ0) is 15.2. The SMILES string of the molecule is COc1ccc(F)cc1CN(CC(C)C)C1CCNCC1. The van der Waals surface area contributed by atoms with E-state index in [1.165, 1.54) is 6.07 Å². The second-order valence-corrected chi connectivity index (χ2v) is 6.26. The van der Waals surface area contributed by atoms with Gasteiger partial charge in [-0.05, 0) is 50.0 Å². The molecule has 1 heterocycles. The number of ether oxygens (including phenoxy) is 1. The molecule has 0 radical (unpaired) electrons. The summed E-state index contributed by atoms with van der Waals surface area (Å²) in [6.07, 6.45) is 2.31. The summed E-state index contributed by atoms with van der Waals surface area (Å²) in [5, 5.41) is 3.41. The van der Waals surface area contributed by atoms with Gasteiger partial charge in [0.05, 0.1) is 7.11 Å². The van der Waals surface area contributed by atoms with Gasteiger partial charge in [0.1, 0.15) is 11.6 Å². The van der Waals surface area contributed by atoms with Crippen LogP contribution >= 0.6 is 0 Å². The molecule has 1 aromatic rings. The molecule has 0 saturated carbocycles. The summed E-state index contributed by atoms with van der Waals surface area (Å²) in [5.74, 6) is 1.18. The zero-order valence-corrected chi connectivity index (χ0v) is 13.4. The summed E-state index contributed by atoms with van der Waals surface area (Å²) >= 11 is 0. The molecule has 1 N–H and O–H groups in total. The molecular formula is C17H27FN2O. The van der Waals surface area contributed by atoms with E-state index in [0.29, 0.717) is 12.0 Å². The van der Waals surface area contributed by atoms with Gasteiger partial charge in [0, 0.05) is 24.7 Å². The Morgan fingerprint density at radius 3 is 2.67 bits per heavy atom. The van der Waals surface area contributed by atoms with E-state index in [2.05, 4.69) is 24.1 Å². The van der Waals surface area contributed by atoms with Crippen molar-refractivity contribution in [2.45, 2.75) is 39.3 Å². The molecule has 0 aromatic heterocycles. The van der Waals surface area contributed by atoms with Crippen molar-refractivity contribution in [1.29, 1.82) is 0 Å². The first-order chi connectivity index (χ1) is 10.1. The molecule has 0 unspecified atom stereocenters. The number of piperidine rings is 1. The minimum Gasteiger partial charge on any atom is -0.496 e. The van der Waals surface area contributed by atoms with Crippen LogP contribution < -0.4 is 10.1 Å². The summed E-state index contributed by atoms with van der Waals surface area (Å²) < 4.78 is 18.9. The van der Waals surface area contributed by atoms with Crippen LogP contribution in [0, 0.1) is 11.7 Å². The van der Waals surface area contributed by atoms with Gasteiger partial charge in [0.15, 0.2) is 0 Å². The lowest BCUT2D eigenvalue weighted by atomic mass is 10.0. The van der Waals surface area contributed by atoms with Gasteiger partial charge >= 0.3 is 0 Å². The number of hydrogen-bond donors (Lipinski definition) is 1. The van der Waals surface area contributed by atoms with Crippen LogP contribution in [0.25, 0.3) is 0 Å². The van der Waals surface area contributed by atoms with Gasteiger partial charge in [-0.15, -0.1) is 0 Å². The van der Waals surface area contributed by atoms with Crippen molar-refractivity contribution in [3.05, 3.63) is 29.6 Å². The topological polar surface area (TPSA) is 24.5 Å². The Hall–Kier alpha value is -1.13. The Morgan fingerprint density at radius 2 is 2.05 bits per heavy atom. The molecule has 0 atom stereocenters. The molecule has 1 aliphatic rings. The van der Waals surface area contributed by atoms with E-state index >= 15 is 0 Å². The fourth-order valence-corrected chi connectivity index (χ4v) is 3.07. The summed E-state index contributed by atoms with van der Waals surface area (Å²) in [7, 11) is 1.65. The molecule has 1 fully saturated rings. The van der Waals surface area contributed by atoms with Crippen LogP contribution in [0.2, 0.25) is 0 Å². The van der Waals surface area contributed by atoms with Crippen LogP contribution in [0.15, 0.2) is 18.2 Å². The molecule has 0 aliphatic carbocycles. The van der Waals surface area contributed by atoms with Crippen molar-refractivity contribution in [1.82, 2.24) is 10.2 Å². The largest absolute Gasteiger partial charge is 0.496 e. The summed E-state index contributed by atoms with van der Waals surface area (Å²) in [6, 6.07) is 5.36. The van der Waals surface area contributed by atoms with Gasteiger partial charge in [-0.3, -0.25) is 4.90 Å². The lowest BCUT2D eigenvalue weighted by Gasteiger charge is -2.36. The van der Waals surface area contributed by atoms with E-state index in [1.54, 1.807) is 19.2 Å². The van der Waals surface area contributed by atoms with Gasteiger partial charge in [-0.25, -0.2) is 4.39 Å². The lowest BCUT2D eigenvalue weighted by molar-refractivity contribution is 0.136. The number of nitrogens with one attached hydrogen (secondary N) is 1. The number of methoxy groups -OCH3 is 1. The quantitative estimate of drug-likeness (QED) is 0.873. The highest BCUT2D eigenvalue weighted by Crippen LogP contribution is 2.24. The molecule has 4 heteroatoms. The monoisotopic (exact) mass is 294 g/mol. The average Bonchev–Trinajstić information content (AvgIpc) is 2.47. The Bertz CT molecular complexity index is 444. The predicted octanol–water partition coefficient (Wildman–Crippen LogP) is 3.04. The number of nitrogens with zero attached hydrogens (tertiary/aromatic N) is 1. The second kappa shape index (κ2) is 7.76. The Morgan fingerprint density at radius 1 is 1.33 bits per heavy atom. The summed E-state index contributed by atoms with van der Waals surface area (Å²) in [5.41, 5.74) is 0.941. The average molecular weight is 294 g/mol. The summed E-state index contributed by atoms with van der Waals surface area (Å²) in [4.78, 5) is 2.49. The van der Waals surface area contributed by atoms with Crippen molar-refractivity contribution in [2.75, 3.05) is 26.7 Å². The maximum Gasteiger partial charge on any atom is 0.123 e. The summed E-state index contributed by atoms with van der Waals surface area (Å²) in [6.45, 7) is 8.39. The first kappa shape index (κ1) is 16.2. The van der Waals surface area contributed by atoms with Gasteiger partial charge in [0.25, 0.3) is 0 Å². The van der Waals surface area contributed by atoms with Crippen LogP contribution in [-0.4, -0.2) is 37.7 Å². The smallest absolute Gasteiger partial charge is 0.123 e. The molecule has 1 aliphatic heterocycles. The zero-order valence-electron chi connectivity index (χ0n) is 13.4. The Kier molecular flexibility index (Phi) is 6.00. The van der Waals surface area contributed by atoms with Gasteiger partial charge in [-0.2, -0.15) is 0 Å².